The number of anilines is 2. The summed E-state index contributed by atoms with van der Waals surface area (Å²) in [6.07, 6.45) is -1.28. The molecule has 0 radical (unpaired) electrons. The van der Waals surface area contributed by atoms with Crippen molar-refractivity contribution in [3.05, 3.63) is 51.2 Å². The van der Waals surface area contributed by atoms with Crippen LogP contribution in [0, 0.1) is 0 Å². The van der Waals surface area contributed by atoms with E-state index < -0.39 is 11.7 Å². The van der Waals surface area contributed by atoms with Crippen molar-refractivity contribution in [3.63, 3.8) is 0 Å². The number of benzene rings is 1. The maximum Gasteiger partial charge on any atom is 0.417 e. The number of alkyl halides is 3. The van der Waals surface area contributed by atoms with Crippen molar-refractivity contribution in [2.24, 2.45) is 0 Å². The first-order valence-corrected chi connectivity index (χ1v) is 6.70. The van der Waals surface area contributed by atoms with Crippen molar-refractivity contribution in [3.8, 4) is 0 Å². The van der Waals surface area contributed by atoms with Crippen molar-refractivity contribution in [1.29, 1.82) is 0 Å². The molecule has 1 heterocycles. The van der Waals surface area contributed by atoms with Gasteiger partial charge in [0.05, 0.1) is 15.7 Å². The van der Waals surface area contributed by atoms with Gasteiger partial charge in [-0.2, -0.15) is 13.2 Å². The molecule has 0 amide bonds. The van der Waals surface area contributed by atoms with Crippen LogP contribution >= 0.6 is 31.9 Å². The molecule has 2 aromatic rings. The van der Waals surface area contributed by atoms with E-state index in [1.165, 1.54) is 6.07 Å². The molecule has 0 bridgehead atoms. The van der Waals surface area contributed by atoms with Gasteiger partial charge in [-0.25, -0.2) is 0 Å². The third-order valence-corrected chi connectivity index (χ3v) is 3.65. The summed E-state index contributed by atoms with van der Waals surface area (Å²) in [5.74, 6) is 0. The summed E-state index contributed by atoms with van der Waals surface area (Å²) in [7, 11) is 0. The standard InChI is InChI=1S/C12H7Br2F3N2/c13-9-2-1-7(5-8(9)12(15,16)17)19-11-3-4-18-6-10(11)14/h1-6H,(H,18,19). The quantitative estimate of drug-likeness (QED) is 0.739. The van der Waals surface area contributed by atoms with Crippen LogP contribution in [0.5, 0.6) is 0 Å². The molecule has 0 fully saturated rings. The summed E-state index contributed by atoms with van der Waals surface area (Å²) in [6.45, 7) is 0. The van der Waals surface area contributed by atoms with Crippen molar-refractivity contribution < 1.29 is 13.2 Å². The molecule has 0 aliphatic carbocycles. The molecule has 7 heteroatoms. The normalized spacial score (nSPS) is 11.4. The van der Waals surface area contributed by atoms with Gasteiger partial charge in [-0.3, -0.25) is 4.98 Å². The molecule has 1 aromatic heterocycles. The zero-order valence-electron chi connectivity index (χ0n) is 9.30. The molecule has 0 saturated carbocycles. The van der Waals surface area contributed by atoms with E-state index in [1.54, 1.807) is 24.5 Å². The fourth-order valence-electron chi connectivity index (χ4n) is 1.45. The van der Waals surface area contributed by atoms with Gasteiger partial charge in [0.2, 0.25) is 0 Å². The van der Waals surface area contributed by atoms with Gasteiger partial charge in [0.15, 0.2) is 0 Å². The third-order valence-electron chi connectivity index (χ3n) is 2.32. The van der Waals surface area contributed by atoms with Gasteiger partial charge in [-0.05, 0) is 40.2 Å². The number of hydrogen-bond acceptors (Lipinski definition) is 2. The van der Waals surface area contributed by atoms with E-state index in [9.17, 15) is 13.2 Å². The molecule has 1 aromatic carbocycles. The van der Waals surface area contributed by atoms with Crippen LogP contribution in [0.3, 0.4) is 0 Å². The van der Waals surface area contributed by atoms with Crippen LogP contribution in [-0.4, -0.2) is 4.98 Å². The second-order valence-electron chi connectivity index (χ2n) is 3.67. The summed E-state index contributed by atoms with van der Waals surface area (Å²) < 4.78 is 39.0. The number of pyridine rings is 1. The minimum absolute atomic E-state index is 0.0133. The first kappa shape index (κ1) is 14.3. The van der Waals surface area contributed by atoms with Crippen molar-refractivity contribution >= 4 is 43.2 Å². The number of hydrogen-bond donors (Lipinski definition) is 1. The summed E-state index contributed by atoms with van der Waals surface area (Å²) in [5, 5.41) is 2.90. The Morgan fingerprint density at radius 2 is 1.79 bits per heavy atom. The van der Waals surface area contributed by atoms with Crippen LogP contribution in [0.25, 0.3) is 0 Å². The van der Waals surface area contributed by atoms with Crippen LogP contribution in [-0.2, 0) is 6.18 Å². The highest BCUT2D eigenvalue weighted by Gasteiger charge is 2.33. The number of nitrogens with one attached hydrogen (secondary N) is 1. The van der Waals surface area contributed by atoms with Crippen LogP contribution in [0.4, 0.5) is 24.5 Å². The van der Waals surface area contributed by atoms with E-state index in [0.29, 0.717) is 15.8 Å². The molecule has 0 aliphatic rings. The van der Waals surface area contributed by atoms with E-state index in [0.717, 1.165) is 6.07 Å². The number of rotatable bonds is 2. The lowest BCUT2D eigenvalue weighted by Gasteiger charge is -2.13. The van der Waals surface area contributed by atoms with Gasteiger partial charge in [-0.1, -0.05) is 15.9 Å². The molecule has 2 nitrogen and oxygen atoms in total. The van der Waals surface area contributed by atoms with Gasteiger partial charge in [0.1, 0.15) is 0 Å². The Morgan fingerprint density at radius 1 is 1.05 bits per heavy atom. The van der Waals surface area contributed by atoms with E-state index in [-0.39, 0.29) is 4.47 Å². The summed E-state index contributed by atoms with van der Waals surface area (Å²) >= 11 is 6.17. The second-order valence-corrected chi connectivity index (χ2v) is 5.38. The molecule has 2 rings (SSSR count). The molecular formula is C12H7Br2F3N2. The molecule has 0 unspecified atom stereocenters. The molecular weight excluding hydrogens is 389 g/mol. The average molecular weight is 396 g/mol. The minimum Gasteiger partial charge on any atom is -0.355 e. The molecule has 1 N–H and O–H groups in total. The predicted molar refractivity (Wildman–Crippen MR) is 74.4 cm³/mol. The molecule has 19 heavy (non-hydrogen) atoms. The number of aromatic nitrogens is 1. The third kappa shape index (κ3) is 3.48. The first-order chi connectivity index (χ1) is 8.88. The SMILES string of the molecule is FC(F)(F)c1cc(Nc2ccncc2Br)ccc1Br. The van der Waals surface area contributed by atoms with Crippen LogP contribution in [0.2, 0.25) is 0 Å². The maximum atomic E-state index is 12.8. The van der Waals surface area contributed by atoms with Gasteiger partial charge in [-0.15, -0.1) is 0 Å². The Morgan fingerprint density at radius 3 is 2.42 bits per heavy atom. The molecule has 0 aliphatic heterocycles. The predicted octanol–water partition coefficient (Wildman–Crippen LogP) is 5.37. The number of nitrogens with zero attached hydrogens (tertiary/aromatic N) is 1. The Hall–Kier alpha value is -1.08. The molecule has 0 atom stereocenters. The zero-order chi connectivity index (χ0) is 14.0. The zero-order valence-corrected chi connectivity index (χ0v) is 12.5. The largest absolute Gasteiger partial charge is 0.417 e. The van der Waals surface area contributed by atoms with Crippen LogP contribution in [0.1, 0.15) is 5.56 Å². The fourth-order valence-corrected chi connectivity index (χ4v) is 2.27. The highest BCUT2D eigenvalue weighted by molar-refractivity contribution is 9.10. The van der Waals surface area contributed by atoms with E-state index in [1.807, 2.05) is 0 Å². The molecule has 100 valence electrons. The lowest BCUT2D eigenvalue weighted by atomic mass is 10.2. The van der Waals surface area contributed by atoms with Crippen molar-refractivity contribution in [2.45, 2.75) is 6.18 Å². The Kier molecular flexibility index (Phi) is 4.15. The van der Waals surface area contributed by atoms with E-state index in [2.05, 4.69) is 42.2 Å². The Labute approximate surface area is 124 Å². The summed E-state index contributed by atoms with van der Waals surface area (Å²) in [5.41, 5.74) is 0.274. The maximum absolute atomic E-state index is 12.8. The van der Waals surface area contributed by atoms with Gasteiger partial charge in [0, 0.05) is 22.6 Å². The van der Waals surface area contributed by atoms with E-state index >= 15 is 0 Å². The summed E-state index contributed by atoms with van der Waals surface area (Å²) in [4.78, 5) is 3.88. The fraction of sp³-hybridized carbons (Fsp3) is 0.0833. The monoisotopic (exact) mass is 394 g/mol. The average Bonchev–Trinajstić information content (AvgIpc) is 2.33. The highest BCUT2D eigenvalue weighted by Crippen LogP contribution is 2.37. The van der Waals surface area contributed by atoms with Crippen LogP contribution in [0.15, 0.2) is 45.6 Å². The van der Waals surface area contributed by atoms with E-state index in [4.69, 9.17) is 0 Å². The lowest BCUT2D eigenvalue weighted by Crippen LogP contribution is -2.06. The van der Waals surface area contributed by atoms with Gasteiger partial charge in [0.25, 0.3) is 0 Å². The summed E-state index contributed by atoms with van der Waals surface area (Å²) in [6, 6.07) is 5.64. The second kappa shape index (κ2) is 5.50. The van der Waals surface area contributed by atoms with Crippen molar-refractivity contribution in [1.82, 2.24) is 4.98 Å². The molecule has 0 saturated heterocycles. The van der Waals surface area contributed by atoms with Crippen molar-refractivity contribution in [2.75, 3.05) is 5.32 Å². The van der Waals surface area contributed by atoms with Gasteiger partial charge >= 0.3 is 6.18 Å². The number of halogens is 5. The molecule has 0 spiro atoms. The first-order valence-electron chi connectivity index (χ1n) is 5.11. The topological polar surface area (TPSA) is 24.9 Å². The minimum atomic E-state index is -4.40. The highest BCUT2D eigenvalue weighted by atomic mass is 79.9. The Balaban J connectivity index is 2.35. The Bertz CT molecular complexity index is 600. The van der Waals surface area contributed by atoms with Crippen LogP contribution < -0.4 is 5.32 Å². The van der Waals surface area contributed by atoms with Gasteiger partial charge < -0.3 is 5.32 Å². The lowest BCUT2D eigenvalue weighted by molar-refractivity contribution is -0.138. The smallest absolute Gasteiger partial charge is 0.355 e.